The summed E-state index contributed by atoms with van der Waals surface area (Å²) in [6, 6.07) is 10.7. The lowest BCUT2D eigenvalue weighted by Crippen LogP contribution is -2.36. The van der Waals surface area contributed by atoms with Gasteiger partial charge >= 0.3 is 0 Å². The van der Waals surface area contributed by atoms with Crippen molar-refractivity contribution in [1.29, 1.82) is 0 Å². The highest BCUT2D eigenvalue weighted by atomic mass is 15.0. The van der Waals surface area contributed by atoms with Gasteiger partial charge in [-0.05, 0) is 18.4 Å². The van der Waals surface area contributed by atoms with E-state index in [4.69, 9.17) is 5.73 Å². The Balaban J connectivity index is 2.02. The monoisotopic (exact) mass is 227 g/mol. The predicted octanol–water partition coefficient (Wildman–Crippen LogP) is 2.34. The summed E-state index contributed by atoms with van der Waals surface area (Å²) in [6.45, 7) is 0.526. The van der Waals surface area contributed by atoms with Crippen LogP contribution in [0.2, 0.25) is 0 Å². The molecule has 1 aromatic heterocycles. The molecule has 1 fully saturated rings. The summed E-state index contributed by atoms with van der Waals surface area (Å²) in [7, 11) is 0. The maximum Gasteiger partial charge on any atom is 0.116 e. The fraction of sp³-hybridized carbons (Fsp3) is 0.357. The molecule has 0 unspecified atom stereocenters. The highest BCUT2D eigenvalue weighted by molar-refractivity contribution is 5.36. The first-order chi connectivity index (χ1) is 8.35. The number of nitrogens with one attached hydrogen (secondary N) is 1. The Hall–Kier alpha value is -1.61. The minimum Gasteiger partial charge on any atom is -0.344 e. The van der Waals surface area contributed by atoms with Crippen LogP contribution in [-0.4, -0.2) is 9.97 Å². The number of nitrogens with two attached hydrogens (primary N) is 1. The van der Waals surface area contributed by atoms with Gasteiger partial charge in [-0.3, -0.25) is 0 Å². The van der Waals surface area contributed by atoms with Gasteiger partial charge in [0.1, 0.15) is 5.82 Å². The zero-order chi connectivity index (χ0) is 11.7. The van der Waals surface area contributed by atoms with Gasteiger partial charge in [-0.2, -0.15) is 0 Å². The van der Waals surface area contributed by atoms with Crippen molar-refractivity contribution < 1.29 is 0 Å². The van der Waals surface area contributed by atoms with Crippen LogP contribution < -0.4 is 5.73 Å². The third-order valence-electron chi connectivity index (χ3n) is 3.84. The van der Waals surface area contributed by atoms with E-state index in [1.54, 1.807) is 0 Å². The number of H-pyrrole nitrogens is 1. The van der Waals surface area contributed by atoms with Crippen LogP contribution in [-0.2, 0) is 12.0 Å². The molecule has 1 aliphatic rings. The summed E-state index contributed by atoms with van der Waals surface area (Å²) in [4.78, 5) is 7.89. The van der Waals surface area contributed by atoms with Crippen LogP contribution in [0.15, 0.2) is 36.5 Å². The molecule has 1 aliphatic carbocycles. The maximum atomic E-state index is 5.63. The number of hydrogen-bond acceptors (Lipinski definition) is 2. The highest BCUT2D eigenvalue weighted by Crippen LogP contribution is 2.47. The molecular weight excluding hydrogens is 210 g/mol. The minimum absolute atomic E-state index is 0.106. The quantitative estimate of drug-likeness (QED) is 0.845. The summed E-state index contributed by atoms with van der Waals surface area (Å²) in [5.74, 6) is 1.08. The highest BCUT2D eigenvalue weighted by Gasteiger charge is 2.42. The molecule has 0 amide bonds. The number of nitrogens with zero attached hydrogens (tertiary/aromatic N) is 1. The minimum atomic E-state index is 0.106. The van der Waals surface area contributed by atoms with Gasteiger partial charge in [0.2, 0.25) is 0 Å². The largest absolute Gasteiger partial charge is 0.344 e. The van der Waals surface area contributed by atoms with Crippen molar-refractivity contribution in [3.05, 3.63) is 53.6 Å². The zero-order valence-corrected chi connectivity index (χ0v) is 9.82. The number of aromatic nitrogens is 2. The summed E-state index contributed by atoms with van der Waals surface area (Å²) < 4.78 is 0. The van der Waals surface area contributed by atoms with Gasteiger partial charge in [0, 0.05) is 18.4 Å². The molecule has 2 aromatic rings. The van der Waals surface area contributed by atoms with E-state index in [0.717, 1.165) is 11.5 Å². The van der Waals surface area contributed by atoms with Gasteiger partial charge in [-0.15, -0.1) is 0 Å². The zero-order valence-electron chi connectivity index (χ0n) is 9.82. The van der Waals surface area contributed by atoms with Crippen LogP contribution in [0.4, 0.5) is 0 Å². The Morgan fingerprint density at radius 1 is 1.24 bits per heavy atom. The Morgan fingerprint density at radius 2 is 2.00 bits per heavy atom. The molecule has 17 heavy (non-hydrogen) atoms. The van der Waals surface area contributed by atoms with E-state index in [-0.39, 0.29) is 5.41 Å². The number of benzene rings is 1. The van der Waals surface area contributed by atoms with Crippen LogP contribution in [0.5, 0.6) is 0 Å². The number of imidazole rings is 1. The SMILES string of the molecule is NCc1cnc(C2(c3ccccc3)CCC2)[nH]1. The van der Waals surface area contributed by atoms with E-state index >= 15 is 0 Å². The molecule has 1 saturated carbocycles. The van der Waals surface area contributed by atoms with Crippen LogP contribution in [0.3, 0.4) is 0 Å². The van der Waals surface area contributed by atoms with Crippen LogP contribution in [0.25, 0.3) is 0 Å². The fourth-order valence-corrected chi connectivity index (χ4v) is 2.66. The lowest BCUT2D eigenvalue weighted by atomic mass is 9.64. The van der Waals surface area contributed by atoms with Gasteiger partial charge < -0.3 is 10.7 Å². The lowest BCUT2D eigenvalue weighted by molar-refractivity contribution is 0.287. The van der Waals surface area contributed by atoms with Crippen molar-refractivity contribution in [3.8, 4) is 0 Å². The molecule has 1 aromatic carbocycles. The first kappa shape index (κ1) is 10.5. The second-order valence-electron chi connectivity index (χ2n) is 4.76. The van der Waals surface area contributed by atoms with E-state index in [9.17, 15) is 0 Å². The van der Waals surface area contributed by atoms with Gasteiger partial charge in [0.15, 0.2) is 0 Å². The number of aromatic amines is 1. The molecule has 1 heterocycles. The van der Waals surface area contributed by atoms with Crippen molar-refractivity contribution in [2.24, 2.45) is 5.73 Å². The molecule has 0 atom stereocenters. The molecule has 3 N–H and O–H groups in total. The van der Waals surface area contributed by atoms with E-state index in [0.29, 0.717) is 6.54 Å². The molecule has 0 aliphatic heterocycles. The first-order valence-electron chi connectivity index (χ1n) is 6.15. The Labute approximate surface area is 101 Å². The number of rotatable bonds is 3. The topological polar surface area (TPSA) is 54.7 Å². The van der Waals surface area contributed by atoms with Gasteiger partial charge in [0.05, 0.1) is 5.41 Å². The standard InChI is InChI=1S/C14H17N3/c15-9-12-10-16-13(17-12)14(7-4-8-14)11-5-2-1-3-6-11/h1-3,5-6,10H,4,7-9,15H2,(H,16,17). The van der Waals surface area contributed by atoms with Crippen molar-refractivity contribution >= 4 is 0 Å². The van der Waals surface area contributed by atoms with Crippen molar-refractivity contribution in [3.63, 3.8) is 0 Å². The molecular formula is C14H17N3. The molecule has 0 spiro atoms. The summed E-state index contributed by atoms with van der Waals surface area (Å²) >= 11 is 0. The van der Waals surface area contributed by atoms with E-state index in [2.05, 4.69) is 40.3 Å². The normalized spacial score (nSPS) is 17.7. The third kappa shape index (κ3) is 1.58. The van der Waals surface area contributed by atoms with E-state index in [1.165, 1.54) is 24.8 Å². The summed E-state index contributed by atoms with van der Waals surface area (Å²) in [6.07, 6.45) is 5.48. The van der Waals surface area contributed by atoms with Crippen molar-refractivity contribution in [1.82, 2.24) is 9.97 Å². The molecule has 0 saturated heterocycles. The average Bonchev–Trinajstić information content (AvgIpc) is 2.78. The van der Waals surface area contributed by atoms with Crippen LogP contribution in [0, 0.1) is 0 Å². The second-order valence-corrected chi connectivity index (χ2v) is 4.76. The molecule has 3 rings (SSSR count). The van der Waals surface area contributed by atoms with Crippen LogP contribution in [0.1, 0.15) is 36.3 Å². The van der Waals surface area contributed by atoms with E-state index < -0.39 is 0 Å². The molecule has 3 nitrogen and oxygen atoms in total. The Morgan fingerprint density at radius 3 is 2.53 bits per heavy atom. The maximum absolute atomic E-state index is 5.63. The summed E-state index contributed by atoms with van der Waals surface area (Å²) in [5, 5.41) is 0. The van der Waals surface area contributed by atoms with Crippen molar-refractivity contribution in [2.75, 3.05) is 0 Å². The number of hydrogen-bond donors (Lipinski definition) is 2. The first-order valence-corrected chi connectivity index (χ1v) is 6.15. The van der Waals surface area contributed by atoms with Gasteiger partial charge in [-0.25, -0.2) is 4.98 Å². The third-order valence-corrected chi connectivity index (χ3v) is 3.84. The predicted molar refractivity (Wildman–Crippen MR) is 67.6 cm³/mol. The van der Waals surface area contributed by atoms with Crippen molar-refractivity contribution in [2.45, 2.75) is 31.2 Å². The smallest absolute Gasteiger partial charge is 0.116 e. The molecule has 0 bridgehead atoms. The van der Waals surface area contributed by atoms with Crippen LogP contribution >= 0.6 is 0 Å². The lowest BCUT2D eigenvalue weighted by Gasteiger charge is -2.40. The molecule has 3 heteroatoms. The van der Waals surface area contributed by atoms with Gasteiger partial charge in [0.25, 0.3) is 0 Å². The Bertz CT molecular complexity index is 497. The van der Waals surface area contributed by atoms with E-state index in [1.807, 2.05) is 6.20 Å². The summed E-state index contributed by atoms with van der Waals surface area (Å²) in [5.41, 5.74) is 8.12. The Kier molecular flexibility index (Phi) is 2.48. The fourth-order valence-electron chi connectivity index (χ4n) is 2.66. The molecule has 88 valence electrons. The van der Waals surface area contributed by atoms with Gasteiger partial charge in [-0.1, -0.05) is 36.8 Å². The molecule has 0 radical (unpaired) electrons. The second kappa shape index (κ2) is 4.00. The average molecular weight is 227 g/mol.